The van der Waals surface area contributed by atoms with Crippen LogP contribution >= 0.6 is 23.2 Å². The number of carbonyl (C=O) groups is 2. The summed E-state index contributed by atoms with van der Waals surface area (Å²) in [6.45, 7) is 5.76. The molecular weight excluding hydrogens is 569 g/mol. The number of halogens is 2. The fraction of sp³-hybridized carbons (Fsp3) is 0.333. The summed E-state index contributed by atoms with van der Waals surface area (Å²) in [5.74, 6) is -0.805. The number of hydrogen-bond donors (Lipinski definition) is 1. The van der Waals surface area contributed by atoms with Crippen LogP contribution in [0.3, 0.4) is 0 Å². The van der Waals surface area contributed by atoms with Crippen molar-refractivity contribution in [2.24, 2.45) is 0 Å². The lowest BCUT2D eigenvalue weighted by molar-refractivity contribution is -0.139. The van der Waals surface area contributed by atoms with Gasteiger partial charge in [-0.1, -0.05) is 91.1 Å². The maximum atomic E-state index is 14.0. The Morgan fingerprint density at radius 1 is 0.925 bits per heavy atom. The van der Waals surface area contributed by atoms with Crippen molar-refractivity contribution in [2.45, 2.75) is 51.0 Å². The molecule has 3 aromatic carbocycles. The minimum absolute atomic E-state index is 0.00510. The quantitative estimate of drug-likeness (QED) is 0.264. The molecule has 0 saturated heterocycles. The van der Waals surface area contributed by atoms with Crippen molar-refractivity contribution in [3.63, 3.8) is 0 Å². The van der Waals surface area contributed by atoms with E-state index in [1.807, 2.05) is 51.1 Å². The molecule has 2 amide bonds. The molecule has 0 fully saturated rings. The van der Waals surface area contributed by atoms with Gasteiger partial charge in [-0.2, -0.15) is 0 Å². The van der Waals surface area contributed by atoms with E-state index < -0.39 is 28.5 Å². The monoisotopic (exact) mass is 603 g/mol. The van der Waals surface area contributed by atoms with Crippen LogP contribution in [0.2, 0.25) is 10.0 Å². The minimum Gasteiger partial charge on any atom is -0.354 e. The number of sulfonamides is 1. The SMILES string of the molecule is CCCNC(=O)[C@H](CC)N(CCc1ccccc1)C(=O)CN(c1cccc(Cl)c1Cl)S(=O)(=O)c1ccc(C)cc1. The van der Waals surface area contributed by atoms with Gasteiger partial charge in [0.25, 0.3) is 10.0 Å². The van der Waals surface area contributed by atoms with Gasteiger partial charge in [-0.05, 0) is 56.0 Å². The van der Waals surface area contributed by atoms with Gasteiger partial charge >= 0.3 is 0 Å². The predicted molar refractivity (Wildman–Crippen MR) is 161 cm³/mol. The third kappa shape index (κ3) is 7.77. The maximum absolute atomic E-state index is 14.0. The molecule has 0 aliphatic heterocycles. The van der Waals surface area contributed by atoms with Gasteiger partial charge in [0.15, 0.2) is 0 Å². The number of nitrogens with one attached hydrogen (secondary N) is 1. The second-order valence-corrected chi connectivity index (χ2v) is 12.1. The van der Waals surface area contributed by atoms with Gasteiger partial charge in [-0.15, -0.1) is 0 Å². The molecule has 7 nitrogen and oxygen atoms in total. The second-order valence-electron chi connectivity index (χ2n) is 9.44. The van der Waals surface area contributed by atoms with Gasteiger partial charge in [0.1, 0.15) is 12.6 Å². The van der Waals surface area contributed by atoms with Crippen LogP contribution < -0.4 is 9.62 Å². The third-order valence-corrected chi connectivity index (χ3v) is 9.09. The Morgan fingerprint density at radius 3 is 2.23 bits per heavy atom. The molecule has 214 valence electrons. The summed E-state index contributed by atoms with van der Waals surface area (Å²) < 4.78 is 28.8. The first-order valence-corrected chi connectivity index (χ1v) is 15.4. The second kappa shape index (κ2) is 14.5. The number of nitrogens with zero attached hydrogens (tertiary/aromatic N) is 2. The van der Waals surface area contributed by atoms with E-state index in [0.717, 1.165) is 21.9 Å². The Morgan fingerprint density at radius 2 is 1.60 bits per heavy atom. The summed E-state index contributed by atoms with van der Waals surface area (Å²) in [6, 6.07) is 19.8. The number of benzene rings is 3. The van der Waals surface area contributed by atoms with Crippen LogP contribution in [0, 0.1) is 6.92 Å². The van der Waals surface area contributed by atoms with Crippen LogP contribution in [0.25, 0.3) is 0 Å². The van der Waals surface area contributed by atoms with Gasteiger partial charge in [-0.25, -0.2) is 8.42 Å². The van der Waals surface area contributed by atoms with E-state index in [-0.39, 0.29) is 33.1 Å². The number of rotatable bonds is 13. The van der Waals surface area contributed by atoms with E-state index in [0.29, 0.717) is 19.4 Å². The van der Waals surface area contributed by atoms with Crippen LogP contribution in [0.5, 0.6) is 0 Å². The summed E-state index contributed by atoms with van der Waals surface area (Å²) in [6.07, 6.45) is 1.60. The first-order chi connectivity index (χ1) is 19.1. The molecule has 1 atom stereocenters. The predicted octanol–water partition coefficient (Wildman–Crippen LogP) is 5.87. The zero-order valence-corrected chi connectivity index (χ0v) is 25.3. The smallest absolute Gasteiger partial charge is 0.264 e. The van der Waals surface area contributed by atoms with Crippen molar-refractivity contribution < 1.29 is 18.0 Å². The van der Waals surface area contributed by atoms with Crippen LogP contribution in [-0.4, -0.2) is 50.8 Å². The highest BCUT2D eigenvalue weighted by molar-refractivity contribution is 7.92. The number of amides is 2. The van der Waals surface area contributed by atoms with Gasteiger partial charge in [0.05, 0.1) is 20.6 Å². The summed E-state index contributed by atoms with van der Waals surface area (Å²) in [7, 11) is -4.23. The van der Waals surface area contributed by atoms with E-state index in [4.69, 9.17) is 23.2 Å². The summed E-state index contributed by atoms with van der Waals surface area (Å²) in [4.78, 5) is 28.6. The largest absolute Gasteiger partial charge is 0.354 e. The average Bonchev–Trinajstić information content (AvgIpc) is 2.95. The van der Waals surface area contributed by atoms with Crippen molar-refractivity contribution >= 4 is 50.7 Å². The number of carbonyl (C=O) groups excluding carboxylic acids is 2. The van der Waals surface area contributed by atoms with E-state index in [1.165, 1.54) is 23.1 Å². The molecule has 0 unspecified atom stereocenters. The molecule has 0 heterocycles. The van der Waals surface area contributed by atoms with Crippen molar-refractivity contribution in [3.8, 4) is 0 Å². The van der Waals surface area contributed by atoms with E-state index in [2.05, 4.69) is 5.32 Å². The Labute approximate surface area is 247 Å². The first-order valence-electron chi connectivity index (χ1n) is 13.2. The molecule has 40 heavy (non-hydrogen) atoms. The Balaban J connectivity index is 2.04. The van der Waals surface area contributed by atoms with Crippen LogP contribution in [0.4, 0.5) is 5.69 Å². The van der Waals surface area contributed by atoms with Crippen molar-refractivity contribution in [2.75, 3.05) is 23.9 Å². The summed E-state index contributed by atoms with van der Waals surface area (Å²) >= 11 is 12.7. The Kier molecular flexibility index (Phi) is 11.4. The van der Waals surface area contributed by atoms with Gasteiger partial charge in [-0.3, -0.25) is 13.9 Å². The molecule has 10 heteroatoms. The minimum atomic E-state index is -4.23. The molecule has 0 saturated carbocycles. The molecule has 0 aromatic heterocycles. The highest BCUT2D eigenvalue weighted by Gasteiger charge is 2.34. The lowest BCUT2D eigenvalue weighted by Gasteiger charge is -2.33. The van der Waals surface area contributed by atoms with E-state index >= 15 is 0 Å². The van der Waals surface area contributed by atoms with Crippen molar-refractivity contribution in [1.82, 2.24) is 10.2 Å². The van der Waals surface area contributed by atoms with Gasteiger partial charge in [0.2, 0.25) is 11.8 Å². The van der Waals surface area contributed by atoms with Crippen molar-refractivity contribution in [3.05, 3.63) is 94.0 Å². The molecule has 0 aliphatic rings. The molecule has 0 radical (unpaired) electrons. The molecule has 1 N–H and O–H groups in total. The van der Waals surface area contributed by atoms with Crippen molar-refractivity contribution in [1.29, 1.82) is 0 Å². The van der Waals surface area contributed by atoms with E-state index in [9.17, 15) is 18.0 Å². The zero-order chi connectivity index (χ0) is 29.3. The fourth-order valence-corrected chi connectivity index (χ4v) is 6.17. The lowest BCUT2D eigenvalue weighted by Crippen LogP contribution is -2.53. The molecule has 3 rings (SSSR count). The van der Waals surface area contributed by atoms with Gasteiger partial charge < -0.3 is 10.2 Å². The molecule has 0 aliphatic carbocycles. The standard InChI is InChI=1S/C30H35Cl2N3O4S/c1-4-19-33-30(37)26(5-2)34(20-18-23-10-7-6-8-11-23)28(36)21-35(27-13-9-12-25(31)29(27)32)40(38,39)24-16-14-22(3)15-17-24/h6-17,26H,4-5,18-21H2,1-3H3,(H,33,37)/t26-/m0/s1. The third-order valence-electron chi connectivity index (χ3n) is 6.51. The van der Waals surface area contributed by atoms with E-state index in [1.54, 1.807) is 24.3 Å². The Hall–Kier alpha value is -3.07. The molecule has 0 spiro atoms. The molecule has 0 bridgehead atoms. The molecule has 3 aromatic rings. The number of anilines is 1. The fourth-order valence-electron chi connectivity index (χ4n) is 4.30. The first kappa shape index (κ1) is 31.5. The normalized spacial score (nSPS) is 12.0. The van der Waals surface area contributed by atoms with Crippen LogP contribution in [0.15, 0.2) is 77.7 Å². The highest BCUT2D eigenvalue weighted by atomic mass is 35.5. The topological polar surface area (TPSA) is 86.8 Å². The van der Waals surface area contributed by atoms with Gasteiger partial charge in [0, 0.05) is 13.1 Å². The summed E-state index contributed by atoms with van der Waals surface area (Å²) in [5, 5.41) is 3.04. The Bertz CT molecular complexity index is 1400. The maximum Gasteiger partial charge on any atom is 0.264 e. The highest BCUT2D eigenvalue weighted by Crippen LogP contribution is 2.35. The lowest BCUT2D eigenvalue weighted by atomic mass is 10.1. The van der Waals surface area contributed by atoms with Crippen LogP contribution in [-0.2, 0) is 26.0 Å². The average molecular weight is 605 g/mol. The van der Waals surface area contributed by atoms with Crippen LogP contribution in [0.1, 0.15) is 37.8 Å². The number of aryl methyl sites for hydroxylation is 1. The summed E-state index contributed by atoms with van der Waals surface area (Å²) in [5.41, 5.74) is 1.96. The number of hydrogen-bond acceptors (Lipinski definition) is 4. The molecular formula is C30H35Cl2N3O4S. The zero-order valence-electron chi connectivity index (χ0n) is 22.9.